The molecule has 0 aromatic heterocycles. The van der Waals surface area contributed by atoms with Gasteiger partial charge in [-0.25, -0.2) is 0 Å². The molecule has 0 radical (unpaired) electrons. The summed E-state index contributed by atoms with van der Waals surface area (Å²) in [6, 6.07) is 8.38. The molecule has 0 saturated heterocycles. The summed E-state index contributed by atoms with van der Waals surface area (Å²) in [5.74, 6) is 0.963. The van der Waals surface area contributed by atoms with Gasteiger partial charge in [0.15, 0.2) is 0 Å². The van der Waals surface area contributed by atoms with Crippen LogP contribution in [0.1, 0.15) is 20.8 Å². The van der Waals surface area contributed by atoms with Gasteiger partial charge < -0.3 is 5.32 Å². The second-order valence-electron chi connectivity index (χ2n) is 5.10. The molecule has 1 aromatic rings. The van der Waals surface area contributed by atoms with Crippen LogP contribution in [0, 0.1) is 0 Å². The van der Waals surface area contributed by atoms with Crippen molar-refractivity contribution in [2.45, 2.75) is 31.2 Å². The maximum Gasteiger partial charge on any atom is 0.0200 e. The Morgan fingerprint density at radius 1 is 1.29 bits per heavy atom. The highest BCUT2D eigenvalue weighted by Crippen LogP contribution is 2.22. The first kappa shape index (κ1) is 14.8. The maximum atomic E-state index is 4.10. The van der Waals surface area contributed by atoms with Crippen LogP contribution in [-0.2, 0) is 0 Å². The molecule has 0 atom stereocenters. The monoisotopic (exact) mass is 313 g/mol. The molecule has 1 nitrogen and oxygen atoms in total. The van der Waals surface area contributed by atoms with Gasteiger partial charge in [-0.3, -0.25) is 0 Å². The van der Waals surface area contributed by atoms with Gasteiger partial charge in [0.2, 0.25) is 0 Å². The predicted octanol–water partition coefficient (Wildman–Crippen LogP) is 4.49. The lowest BCUT2D eigenvalue weighted by molar-refractivity contribution is 0.445. The fourth-order valence-electron chi connectivity index (χ4n) is 1.16. The fraction of sp³-hybridized carbons (Fsp3) is 0.429. The van der Waals surface area contributed by atoms with Gasteiger partial charge in [0.1, 0.15) is 0 Å². The molecule has 0 saturated carbocycles. The van der Waals surface area contributed by atoms with E-state index < -0.39 is 0 Å². The summed E-state index contributed by atoms with van der Waals surface area (Å²) >= 11 is 5.26. The zero-order valence-corrected chi connectivity index (χ0v) is 13.1. The average Bonchev–Trinajstić information content (AvgIpc) is 2.25. The van der Waals surface area contributed by atoms with Gasteiger partial charge in [0, 0.05) is 27.2 Å². The molecule has 0 bridgehead atoms. The molecule has 17 heavy (non-hydrogen) atoms. The second kappa shape index (κ2) is 6.62. The first-order chi connectivity index (χ1) is 7.87. The molecule has 0 spiro atoms. The summed E-state index contributed by atoms with van der Waals surface area (Å²) in [5.41, 5.74) is 1.39. The largest absolute Gasteiger partial charge is 0.308 e. The summed E-state index contributed by atoms with van der Waals surface area (Å²) in [6.45, 7) is 11.5. The minimum absolute atomic E-state index is 0.158. The third-order valence-corrected chi connectivity index (χ3v) is 3.81. The van der Waals surface area contributed by atoms with Crippen molar-refractivity contribution < 1.29 is 0 Å². The third-order valence-electron chi connectivity index (χ3n) is 2.13. The molecule has 0 aliphatic rings. The van der Waals surface area contributed by atoms with Gasteiger partial charge in [-0.15, -0.1) is 11.8 Å². The molecule has 0 heterocycles. The Morgan fingerprint density at radius 2 is 1.88 bits per heavy atom. The van der Waals surface area contributed by atoms with Crippen molar-refractivity contribution in [3.8, 4) is 0 Å². The lowest BCUT2D eigenvalue weighted by Gasteiger charge is -2.21. The van der Waals surface area contributed by atoms with Crippen LogP contribution in [-0.4, -0.2) is 17.8 Å². The van der Waals surface area contributed by atoms with E-state index in [1.54, 1.807) is 0 Å². The molecule has 0 fully saturated rings. The first-order valence-corrected chi connectivity index (χ1v) is 7.45. The quantitative estimate of drug-likeness (QED) is 0.635. The molecule has 1 N–H and O–H groups in total. The van der Waals surface area contributed by atoms with Crippen molar-refractivity contribution in [1.82, 2.24) is 5.32 Å². The average molecular weight is 314 g/mol. The van der Waals surface area contributed by atoms with E-state index in [4.69, 9.17) is 0 Å². The first-order valence-electron chi connectivity index (χ1n) is 5.67. The molecule has 1 rings (SSSR count). The van der Waals surface area contributed by atoms with Gasteiger partial charge in [0.25, 0.3) is 0 Å². The summed E-state index contributed by atoms with van der Waals surface area (Å²) in [5, 5.41) is 3.45. The Labute approximate surface area is 117 Å². The van der Waals surface area contributed by atoms with E-state index in [0.717, 1.165) is 16.8 Å². The summed E-state index contributed by atoms with van der Waals surface area (Å²) in [6.07, 6.45) is 0. The van der Waals surface area contributed by atoms with Crippen LogP contribution < -0.4 is 5.32 Å². The topological polar surface area (TPSA) is 12.0 Å². The number of thioether (sulfide) groups is 1. The number of halogens is 1. The zero-order valence-electron chi connectivity index (χ0n) is 10.7. The van der Waals surface area contributed by atoms with Crippen LogP contribution in [0.15, 0.2) is 45.8 Å². The van der Waals surface area contributed by atoms with Crippen LogP contribution in [0.3, 0.4) is 0 Å². The van der Waals surface area contributed by atoms with Crippen LogP contribution >= 0.6 is 27.7 Å². The Hall–Kier alpha value is -0.250. The van der Waals surface area contributed by atoms with Crippen molar-refractivity contribution >= 4 is 27.7 Å². The van der Waals surface area contributed by atoms with Gasteiger partial charge in [-0.1, -0.05) is 28.1 Å². The van der Waals surface area contributed by atoms with E-state index in [2.05, 4.69) is 72.9 Å². The van der Waals surface area contributed by atoms with E-state index in [-0.39, 0.29) is 5.54 Å². The summed E-state index contributed by atoms with van der Waals surface area (Å²) in [4.78, 5) is 1.28. The van der Waals surface area contributed by atoms with E-state index in [1.165, 1.54) is 10.5 Å². The molecule has 1 aromatic carbocycles. The van der Waals surface area contributed by atoms with Crippen LogP contribution in [0.4, 0.5) is 0 Å². The number of hydrogen-bond acceptors (Lipinski definition) is 2. The minimum atomic E-state index is 0.158. The van der Waals surface area contributed by atoms with E-state index in [1.807, 2.05) is 11.8 Å². The molecule has 0 aliphatic heterocycles. The Kier molecular flexibility index (Phi) is 5.77. The van der Waals surface area contributed by atoms with Crippen LogP contribution in [0.25, 0.3) is 0 Å². The number of hydrogen-bond donors (Lipinski definition) is 1. The van der Waals surface area contributed by atoms with Crippen molar-refractivity contribution in [3.05, 3.63) is 40.9 Å². The van der Waals surface area contributed by atoms with E-state index in [9.17, 15) is 0 Å². The molecule has 0 unspecified atom stereocenters. The highest BCUT2D eigenvalue weighted by Gasteiger charge is 2.08. The van der Waals surface area contributed by atoms with Gasteiger partial charge in [-0.2, -0.15) is 0 Å². The SMILES string of the molecule is C=C(CNC(C)(C)C)CSc1ccc(Br)cc1. The molecule has 0 amide bonds. The smallest absolute Gasteiger partial charge is 0.0200 e. The van der Waals surface area contributed by atoms with Gasteiger partial charge >= 0.3 is 0 Å². The summed E-state index contributed by atoms with van der Waals surface area (Å²) < 4.78 is 1.12. The van der Waals surface area contributed by atoms with Gasteiger partial charge in [0.05, 0.1) is 0 Å². The minimum Gasteiger partial charge on any atom is -0.308 e. The Balaban J connectivity index is 2.31. The number of rotatable bonds is 5. The zero-order chi connectivity index (χ0) is 12.9. The third kappa shape index (κ3) is 6.92. The molecule has 94 valence electrons. The van der Waals surface area contributed by atoms with Crippen molar-refractivity contribution in [3.63, 3.8) is 0 Å². The Bertz CT molecular complexity index is 365. The normalized spacial score (nSPS) is 11.5. The summed E-state index contributed by atoms with van der Waals surface area (Å²) in [7, 11) is 0. The van der Waals surface area contributed by atoms with Crippen molar-refractivity contribution in [2.75, 3.05) is 12.3 Å². The fourth-order valence-corrected chi connectivity index (χ4v) is 2.22. The molecular formula is C14H20BrNS. The number of benzene rings is 1. The lowest BCUT2D eigenvalue weighted by atomic mass is 10.1. The standard InChI is InChI=1S/C14H20BrNS/c1-11(9-16-14(2,3)4)10-17-13-7-5-12(15)6-8-13/h5-8,16H,1,9-10H2,2-4H3. The predicted molar refractivity (Wildman–Crippen MR) is 81.8 cm³/mol. The van der Waals surface area contributed by atoms with Crippen LogP contribution in [0.2, 0.25) is 0 Å². The molecular weight excluding hydrogens is 294 g/mol. The van der Waals surface area contributed by atoms with Gasteiger partial charge in [-0.05, 0) is 45.0 Å². The van der Waals surface area contributed by atoms with E-state index in [0.29, 0.717) is 0 Å². The highest BCUT2D eigenvalue weighted by atomic mass is 79.9. The molecule has 0 aliphatic carbocycles. The van der Waals surface area contributed by atoms with E-state index >= 15 is 0 Å². The Morgan fingerprint density at radius 3 is 2.41 bits per heavy atom. The van der Waals surface area contributed by atoms with Crippen molar-refractivity contribution in [1.29, 1.82) is 0 Å². The number of nitrogens with one attached hydrogen (secondary N) is 1. The lowest BCUT2D eigenvalue weighted by Crippen LogP contribution is -2.37. The van der Waals surface area contributed by atoms with Crippen molar-refractivity contribution in [2.24, 2.45) is 0 Å². The highest BCUT2D eigenvalue weighted by molar-refractivity contribution is 9.10. The maximum absolute atomic E-state index is 4.10. The molecule has 3 heteroatoms. The van der Waals surface area contributed by atoms with Crippen LogP contribution in [0.5, 0.6) is 0 Å². The second-order valence-corrected chi connectivity index (χ2v) is 7.06.